The summed E-state index contributed by atoms with van der Waals surface area (Å²) in [4.78, 5) is 40.7. The lowest BCUT2D eigenvalue weighted by Crippen LogP contribution is -2.44. The minimum atomic E-state index is -1.29. The van der Waals surface area contributed by atoms with Crippen LogP contribution in [-0.4, -0.2) is 70.0 Å². The summed E-state index contributed by atoms with van der Waals surface area (Å²) in [7, 11) is 2.76. The van der Waals surface area contributed by atoms with Crippen LogP contribution in [0, 0.1) is 0 Å². The van der Waals surface area contributed by atoms with Crippen LogP contribution in [0.25, 0.3) is 0 Å². The summed E-state index contributed by atoms with van der Waals surface area (Å²) < 4.78 is 28.9. The second-order valence-electron chi connectivity index (χ2n) is 12.4. The Bertz CT molecular complexity index is 1540. The Morgan fingerprint density at radius 1 is 0.938 bits per heavy atom. The summed E-state index contributed by atoms with van der Waals surface area (Å²) in [5, 5.41) is 3.85. The summed E-state index contributed by atoms with van der Waals surface area (Å²) in [6, 6.07) is 20.8. The van der Waals surface area contributed by atoms with Gasteiger partial charge in [-0.05, 0) is 83.0 Å². The molecule has 3 aromatic carbocycles. The second-order valence-corrected chi connectivity index (χ2v) is 12.9. The molecule has 0 saturated carbocycles. The van der Waals surface area contributed by atoms with E-state index in [1.54, 1.807) is 51.1 Å². The van der Waals surface area contributed by atoms with Crippen LogP contribution in [0.2, 0.25) is 5.02 Å². The first kappa shape index (κ1) is 36.7. The van der Waals surface area contributed by atoms with Gasteiger partial charge in [-0.3, -0.25) is 19.3 Å². The van der Waals surface area contributed by atoms with Crippen LogP contribution >= 0.6 is 11.6 Å². The summed E-state index contributed by atoms with van der Waals surface area (Å²) in [5.74, 6) is -0.956. The van der Waals surface area contributed by atoms with Crippen molar-refractivity contribution in [2.45, 2.75) is 64.3 Å². The van der Waals surface area contributed by atoms with E-state index < -0.39 is 42.2 Å². The van der Waals surface area contributed by atoms with E-state index in [9.17, 15) is 14.4 Å². The molecule has 0 unspecified atom stereocenters. The Labute approximate surface area is 287 Å². The average molecular weight is 681 g/mol. The number of nitrogens with one attached hydrogen (secondary N) is 1. The maximum absolute atomic E-state index is 14.0. The van der Waals surface area contributed by atoms with Gasteiger partial charge in [0.25, 0.3) is 5.91 Å². The molecule has 0 saturated heterocycles. The van der Waals surface area contributed by atoms with Gasteiger partial charge in [0.1, 0.15) is 24.4 Å². The largest absolute Gasteiger partial charge is 0.492 e. The molecule has 3 aromatic rings. The molecule has 1 heterocycles. The quantitative estimate of drug-likeness (QED) is 0.151. The van der Waals surface area contributed by atoms with E-state index in [0.717, 1.165) is 32.4 Å². The zero-order valence-corrected chi connectivity index (χ0v) is 29.0. The molecule has 2 atom stereocenters. The van der Waals surface area contributed by atoms with E-state index in [1.807, 2.05) is 12.1 Å². The minimum absolute atomic E-state index is 0.380. The molecule has 1 aliphatic rings. The van der Waals surface area contributed by atoms with Crippen molar-refractivity contribution in [1.29, 1.82) is 0 Å². The van der Waals surface area contributed by atoms with Crippen molar-refractivity contribution in [3.8, 4) is 11.5 Å². The maximum atomic E-state index is 14.0. The molecular formula is C37H45ClN2O8. The molecule has 0 spiro atoms. The first-order valence-corrected chi connectivity index (χ1v) is 16.5. The number of anilines is 1. The molecule has 0 fully saturated rings. The monoisotopic (exact) mass is 680 g/mol. The fourth-order valence-electron chi connectivity index (χ4n) is 5.48. The molecule has 48 heavy (non-hydrogen) atoms. The molecule has 1 N–H and O–H groups in total. The van der Waals surface area contributed by atoms with Crippen molar-refractivity contribution in [2.75, 3.05) is 45.4 Å². The van der Waals surface area contributed by atoms with Gasteiger partial charge in [0.2, 0.25) is 0 Å². The van der Waals surface area contributed by atoms with Gasteiger partial charge in [0.15, 0.2) is 11.5 Å². The molecule has 11 heteroatoms. The lowest BCUT2D eigenvalue weighted by molar-refractivity contribution is -0.154. The van der Waals surface area contributed by atoms with Gasteiger partial charge in [-0.25, -0.2) is 0 Å². The van der Waals surface area contributed by atoms with E-state index in [-0.39, 0.29) is 6.42 Å². The summed E-state index contributed by atoms with van der Waals surface area (Å²) in [5.41, 5.74) is 2.00. The normalized spacial score (nSPS) is 16.1. The first-order chi connectivity index (χ1) is 23.0. The van der Waals surface area contributed by atoms with Crippen molar-refractivity contribution in [3.63, 3.8) is 0 Å². The van der Waals surface area contributed by atoms with Crippen molar-refractivity contribution in [2.24, 2.45) is 0 Å². The van der Waals surface area contributed by atoms with Crippen molar-refractivity contribution < 1.29 is 38.1 Å². The number of para-hydroxylation sites is 1. The molecule has 0 aliphatic carbocycles. The second kappa shape index (κ2) is 17.3. The van der Waals surface area contributed by atoms with E-state index in [1.165, 1.54) is 24.7 Å². The molecule has 4 rings (SSSR count). The number of hydrogen-bond acceptors (Lipinski definition) is 9. The third-order valence-electron chi connectivity index (χ3n) is 7.60. The number of carbonyl (C=O) groups excluding carboxylic acids is 3. The van der Waals surface area contributed by atoms with Crippen LogP contribution in [0.5, 0.6) is 11.5 Å². The summed E-state index contributed by atoms with van der Waals surface area (Å²) in [6.07, 6.45) is 0.241. The average Bonchev–Trinajstić information content (AvgIpc) is 3.15. The zero-order chi connectivity index (χ0) is 34.7. The number of amides is 1. The lowest BCUT2D eigenvalue weighted by Gasteiger charge is -2.26. The van der Waals surface area contributed by atoms with E-state index in [0.29, 0.717) is 39.9 Å². The zero-order valence-electron chi connectivity index (χ0n) is 28.3. The van der Waals surface area contributed by atoms with Crippen LogP contribution in [0.3, 0.4) is 0 Å². The predicted octanol–water partition coefficient (Wildman–Crippen LogP) is 6.07. The van der Waals surface area contributed by atoms with Gasteiger partial charge in [0, 0.05) is 16.1 Å². The van der Waals surface area contributed by atoms with Crippen molar-refractivity contribution >= 4 is 35.1 Å². The fourth-order valence-corrected chi connectivity index (χ4v) is 5.66. The Morgan fingerprint density at radius 3 is 2.40 bits per heavy atom. The van der Waals surface area contributed by atoms with Gasteiger partial charge >= 0.3 is 11.9 Å². The van der Waals surface area contributed by atoms with Crippen LogP contribution < -0.4 is 19.7 Å². The SMILES string of the molecule is COC(=O)C[C@H]1O[C@H](c2cccc(OCCCNCCCc3ccccc3)c2OC)c2cc(Cl)ccc2N(CC(=O)OC(C)(C)C)C1=O. The minimum Gasteiger partial charge on any atom is -0.492 e. The third kappa shape index (κ3) is 10.2. The summed E-state index contributed by atoms with van der Waals surface area (Å²) in [6.45, 7) is 6.96. The summed E-state index contributed by atoms with van der Waals surface area (Å²) >= 11 is 6.48. The highest BCUT2D eigenvalue weighted by molar-refractivity contribution is 6.30. The van der Waals surface area contributed by atoms with E-state index in [4.69, 9.17) is 35.3 Å². The standard InChI is InChI=1S/C37H45ClN2O8/c1-37(2,3)48-33(42)24-40-29-18-17-26(38)22-28(29)34(47-31(36(40)43)23-32(41)44-4)27-15-9-16-30(35(27)45-5)46-21-11-20-39-19-10-14-25-12-7-6-8-13-25/h6-9,12-13,15-18,22,31,34,39H,10-11,14,19-21,23-24H2,1-5H3/t31-,34-/m1/s1. The highest BCUT2D eigenvalue weighted by Gasteiger charge is 2.40. The van der Waals surface area contributed by atoms with Crippen LogP contribution in [-0.2, 0) is 35.0 Å². The highest BCUT2D eigenvalue weighted by atomic mass is 35.5. The molecule has 10 nitrogen and oxygen atoms in total. The molecule has 258 valence electrons. The molecule has 1 aliphatic heterocycles. The number of fused-ring (bicyclic) bond motifs is 1. The number of halogens is 1. The van der Waals surface area contributed by atoms with E-state index in [2.05, 4.69) is 29.6 Å². The number of benzene rings is 3. The number of nitrogens with zero attached hydrogens (tertiary/aromatic N) is 1. The Balaban J connectivity index is 1.55. The molecule has 0 aromatic heterocycles. The fraction of sp³-hybridized carbons (Fsp3) is 0.432. The topological polar surface area (TPSA) is 113 Å². The van der Waals surface area contributed by atoms with Crippen LogP contribution in [0.1, 0.15) is 62.8 Å². The smallest absolute Gasteiger partial charge is 0.326 e. The molecule has 1 amide bonds. The predicted molar refractivity (Wildman–Crippen MR) is 184 cm³/mol. The highest BCUT2D eigenvalue weighted by Crippen LogP contribution is 2.45. The molecule has 0 radical (unpaired) electrons. The Kier molecular flexibility index (Phi) is 13.3. The Hall–Kier alpha value is -4.12. The van der Waals surface area contributed by atoms with Crippen molar-refractivity contribution in [3.05, 3.63) is 88.4 Å². The first-order valence-electron chi connectivity index (χ1n) is 16.1. The van der Waals surface area contributed by atoms with Gasteiger partial charge in [-0.1, -0.05) is 54.1 Å². The number of esters is 2. The number of carbonyl (C=O) groups is 3. The number of rotatable bonds is 15. The molecule has 0 bridgehead atoms. The maximum Gasteiger partial charge on any atom is 0.326 e. The van der Waals surface area contributed by atoms with Gasteiger partial charge < -0.3 is 29.0 Å². The van der Waals surface area contributed by atoms with Gasteiger partial charge in [0.05, 0.1) is 32.9 Å². The lowest BCUT2D eigenvalue weighted by atomic mass is 9.98. The number of aryl methyl sites for hydroxylation is 1. The van der Waals surface area contributed by atoms with Crippen LogP contribution in [0.15, 0.2) is 66.7 Å². The third-order valence-corrected chi connectivity index (χ3v) is 7.84. The number of methoxy groups -OCH3 is 2. The van der Waals surface area contributed by atoms with Crippen molar-refractivity contribution in [1.82, 2.24) is 5.32 Å². The Morgan fingerprint density at radius 2 is 1.69 bits per heavy atom. The van der Waals surface area contributed by atoms with Gasteiger partial charge in [-0.2, -0.15) is 0 Å². The number of hydrogen-bond donors (Lipinski definition) is 1. The van der Waals surface area contributed by atoms with Crippen LogP contribution in [0.4, 0.5) is 5.69 Å². The van der Waals surface area contributed by atoms with Gasteiger partial charge in [-0.15, -0.1) is 0 Å². The van der Waals surface area contributed by atoms with E-state index >= 15 is 0 Å². The number of ether oxygens (including phenoxy) is 5. The molecular weight excluding hydrogens is 636 g/mol.